The second kappa shape index (κ2) is 8.78. The Balaban J connectivity index is 2.34. The van der Waals surface area contributed by atoms with E-state index in [1.807, 2.05) is 0 Å². The van der Waals surface area contributed by atoms with Crippen LogP contribution in [0.15, 0.2) is 22.7 Å². The molecular formula is C12H15BrClN3O3. The minimum Gasteiger partial charge on any atom is -0.383 e. The molecule has 6 nitrogen and oxygen atoms in total. The van der Waals surface area contributed by atoms with Crippen LogP contribution in [0.25, 0.3) is 0 Å². The van der Waals surface area contributed by atoms with Crippen molar-refractivity contribution in [2.45, 2.75) is 0 Å². The quantitative estimate of drug-likeness (QED) is 0.675. The fourth-order valence-electron chi connectivity index (χ4n) is 1.29. The Morgan fingerprint density at radius 1 is 1.40 bits per heavy atom. The predicted molar refractivity (Wildman–Crippen MR) is 81.1 cm³/mol. The third-order valence-electron chi connectivity index (χ3n) is 2.22. The van der Waals surface area contributed by atoms with Gasteiger partial charge in [0.15, 0.2) is 0 Å². The van der Waals surface area contributed by atoms with Crippen molar-refractivity contribution in [3.63, 3.8) is 0 Å². The normalized spacial score (nSPS) is 9.95. The Morgan fingerprint density at radius 3 is 2.80 bits per heavy atom. The van der Waals surface area contributed by atoms with Crippen LogP contribution in [0, 0.1) is 0 Å². The van der Waals surface area contributed by atoms with Gasteiger partial charge in [0.1, 0.15) is 0 Å². The first-order valence-corrected chi connectivity index (χ1v) is 6.95. The number of nitrogens with one attached hydrogen (secondary N) is 3. The number of rotatable bonds is 6. The molecule has 0 radical (unpaired) electrons. The average Bonchev–Trinajstić information content (AvgIpc) is 2.38. The van der Waals surface area contributed by atoms with Gasteiger partial charge in [-0.2, -0.15) is 0 Å². The van der Waals surface area contributed by atoms with Gasteiger partial charge in [0, 0.05) is 18.1 Å². The molecule has 0 aliphatic rings. The molecule has 8 heteroatoms. The lowest BCUT2D eigenvalue weighted by Gasteiger charge is -2.09. The van der Waals surface area contributed by atoms with E-state index in [9.17, 15) is 9.59 Å². The van der Waals surface area contributed by atoms with Crippen molar-refractivity contribution in [3.8, 4) is 0 Å². The molecule has 3 N–H and O–H groups in total. The molecule has 3 amide bonds. The van der Waals surface area contributed by atoms with E-state index in [1.54, 1.807) is 18.2 Å². The van der Waals surface area contributed by atoms with Gasteiger partial charge in [0.25, 0.3) is 0 Å². The number of benzene rings is 1. The van der Waals surface area contributed by atoms with Gasteiger partial charge in [0.05, 0.1) is 23.9 Å². The van der Waals surface area contributed by atoms with Crippen molar-refractivity contribution in [2.24, 2.45) is 0 Å². The lowest BCUT2D eigenvalue weighted by molar-refractivity contribution is -0.118. The summed E-state index contributed by atoms with van der Waals surface area (Å²) in [7, 11) is 1.52. The maximum Gasteiger partial charge on any atom is 0.321 e. The molecule has 0 fully saturated rings. The number of anilines is 1. The van der Waals surface area contributed by atoms with Gasteiger partial charge in [-0.15, -0.1) is 0 Å². The summed E-state index contributed by atoms with van der Waals surface area (Å²) in [5.41, 5.74) is 0.616. The number of ether oxygens (including phenoxy) is 1. The summed E-state index contributed by atoms with van der Waals surface area (Å²) in [6.45, 7) is 0.662. The number of methoxy groups -OCH3 is 1. The Labute approximate surface area is 130 Å². The summed E-state index contributed by atoms with van der Waals surface area (Å²) in [6, 6.07) is 4.68. The predicted octanol–water partition coefficient (Wildman–Crippen LogP) is 1.99. The van der Waals surface area contributed by atoms with Crippen LogP contribution < -0.4 is 16.0 Å². The number of halogens is 2. The lowest BCUT2D eigenvalue weighted by Crippen LogP contribution is -2.42. The molecule has 0 atom stereocenters. The van der Waals surface area contributed by atoms with Crippen LogP contribution in [-0.4, -0.2) is 38.7 Å². The Hall–Kier alpha value is -1.31. The second-order valence-electron chi connectivity index (χ2n) is 3.77. The van der Waals surface area contributed by atoms with E-state index in [1.165, 1.54) is 7.11 Å². The van der Waals surface area contributed by atoms with Gasteiger partial charge in [-0.05, 0) is 18.2 Å². The van der Waals surface area contributed by atoms with Crippen molar-refractivity contribution < 1.29 is 14.3 Å². The van der Waals surface area contributed by atoms with Crippen molar-refractivity contribution >= 4 is 45.2 Å². The molecule has 0 aliphatic heterocycles. The number of carbonyl (C=O) groups excluding carboxylic acids is 2. The van der Waals surface area contributed by atoms with Crippen LogP contribution in [0.5, 0.6) is 0 Å². The number of carbonyl (C=O) groups is 2. The van der Waals surface area contributed by atoms with Crippen molar-refractivity contribution in [2.75, 3.05) is 32.1 Å². The maximum absolute atomic E-state index is 11.5. The van der Waals surface area contributed by atoms with Crippen molar-refractivity contribution in [1.29, 1.82) is 0 Å². The molecular weight excluding hydrogens is 350 g/mol. The first kappa shape index (κ1) is 16.7. The number of urea groups is 1. The number of hydrogen-bond acceptors (Lipinski definition) is 4. The van der Waals surface area contributed by atoms with E-state index in [2.05, 4.69) is 31.9 Å². The molecule has 0 aromatic heterocycles. The standard InChI is InChI=1S/C12H15BrClN3O3/c1-20-5-4-15-12(19)17-11(18)7-16-10-3-2-8(13)6-9(10)14/h2-3,6,16H,4-5,7H2,1H3,(H2,15,17,18,19). The van der Waals surface area contributed by atoms with E-state index in [0.717, 1.165) is 4.47 Å². The molecule has 110 valence electrons. The third kappa shape index (κ3) is 6.23. The molecule has 0 bridgehead atoms. The van der Waals surface area contributed by atoms with Gasteiger partial charge >= 0.3 is 6.03 Å². The topological polar surface area (TPSA) is 79.5 Å². The summed E-state index contributed by atoms with van der Waals surface area (Å²) in [5.74, 6) is -0.459. The smallest absolute Gasteiger partial charge is 0.321 e. The Kier molecular flexibility index (Phi) is 7.35. The molecule has 1 aromatic carbocycles. The molecule has 0 spiro atoms. The molecule has 0 aliphatic carbocycles. The molecule has 0 saturated carbocycles. The molecule has 1 rings (SSSR count). The summed E-state index contributed by atoms with van der Waals surface area (Å²) in [5, 5.41) is 7.98. The van der Waals surface area contributed by atoms with Crippen LogP contribution in [0.1, 0.15) is 0 Å². The zero-order chi connectivity index (χ0) is 15.0. The highest BCUT2D eigenvalue weighted by Gasteiger charge is 2.08. The van der Waals surface area contributed by atoms with Gasteiger partial charge in [-0.25, -0.2) is 4.79 Å². The number of amides is 3. The molecule has 20 heavy (non-hydrogen) atoms. The SMILES string of the molecule is COCCNC(=O)NC(=O)CNc1ccc(Br)cc1Cl. The fourth-order valence-corrected chi connectivity index (χ4v) is 2.03. The van der Waals surface area contributed by atoms with Gasteiger partial charge in [0.2, 0.25) is 5.91 Å². The van der Waals surface area contributed by atoms with E-state index in [-0.39, 0.29) is 6.54 Å². The average molecular weight is 365 g/mol. The van der Waals surface area contributed by atoms with Crippen LogP contribution in [-0.2, 0) is 9.53 Å². The van der Waals surface area contributed by atoms with Gasteiger partial charge in [-0.1, -0.05) is 27.5 Å². The Morgan fingerprint density at radius 2 is 2.15 bits per heavy atom. The van der Waals surface area contributed by atoms with E-state index in [4.69, 9.17) is 16.3 Å². The second-order valence-corrected chi connectivity index (χ2v) is 5.10. The van der Waals surface area contributed by atoms with Crippen LogP contribution >= 0.6 is 27.5 Å². The molecule has 0 saturated heterocycles. The molecule has 0 heterocycles. The molecule has 0 unspecified atom stereocenters. The maximum atomic E-state index is 11.5. The zero-order valence-corrected chi connectivity index (χ0v) is 13.2. The largest absolute Gasteiger partial charge is 0.383 e. The minimum absolute atomic E-state index is 0.0565. The van der Waals surface area contributed by atoms with E-state index >= 15 is 0 Å². The summed E-state index contributed by atoms with van der Waals surface area (Å²) < 4.78 is 5.61. The summed E-state index contributed by atoms with van der Waals surface area (Å²) in [4.78, 5) is 22.8. The van der Waals surface area contributed by atoms with Crippen LogP contribution in [0.2, 0.25) is 5.02 Å². The van der Waals surface area contributed by atoms with Crippen LogP contribution in [0.3, 0.4) is 0 Å². The highest BCUT2D eigenvalue weighted by Crippen LogP contribution is 2.25. The first-order valence-electron chi connectivity index (χ1n) is 5.78. The Bertz CT molecular complexity index is 485. The number of imide groups is 1. The van der Waals surface area contributed by atoms with Gasteiger partial charge < -0.3 is 15.4 Å². The fraction of sp³-hybridized carbons (Fsp3) is 0.333. The number of hydrogen-bond donors (Lipinski definition) is 3. The van der Waals surface area contributed by atoms with Crippen molar-refractivity contribution in [3.05, 3.63) is 27.7 Å². The molecule has 1 aromatic rings. The first-order chi connectivity index (χ1) is 9.52. The third-order valence-corrected chi connectivity index (χ3v) is 3.02. The zero-order valence-electron chi connectivity index (χ0n) is 10.8. The lowest BCUT2D eigenvalue weighted by atomic mass is 10.3. The van der Waals surface area contributed by atoms with Crippen molar-refractivity contribution in [1.82, 2.24) is 10.6 Å². The monoisotopic (exact) mass is 363 g/mol. The summed E-state index contributed by atoms with van der Waals surface area (Å²) >= 11 is 9.27. The van der Waals surface area contributed by atoms with Crippen LogP contribution in [0.4, 0.5) is 10.5 Å². The van der Waals surface area contributed by atoms with E-state index in [0.29, 0.717) is 23.9 Å². The summed E-state index contributed by atoms with van der Waals surface area (Å²) in [6.07, 6.45) is 0. The van der Waals surface area contributed by atoms with E-state index < -0.39 is 11.9 Å². The highest BCUT2D eigenvalue weighted by molar-refractivity contribution is 9.10. The van der Waals surface area contributed by atoms with Gasteiger partial charge in [-0.3, -0.25) is 10.1 Å². The minimum atomic E-state index is -0.559. The highest BCUT2D eigenvalue weighted by atomic mass is 79.9.